The topological polar surface area (TPSA) is 61.9 Å². The van der Waals surface area contributed by atoms with Gasteiger partial charge in [0.1, 0.15) is 6.61 Å². The minimum Gasteiger partial charge on any atom is -0.366 e. The number of fused-ring (bicyclic) bond motifs is 1. The summed E-state index contributed by atoms with van der Waals surface area (Å²) in [6.07, 6.45) is 2.80. The maximum atomic E-state index is 12.6. The van der Waals surface area contributed by atoms with E-state index in [0.29, 0.717) is 24.9 Å². The van der Waals surface area contributed by atoms with Gasteiger partial charge in [0.05, 0.1) is 12.1 Å². The lowest BCUT2D eigenvalue weighted by Gasteiger charge is -2.43. The van der Waals surface area contributed by atoms with Gasteiger partial charge < -0.3 is 19.9 Å². The number of carbonyl (C=O) groups is 2. The van der Waals surface area contributed by atoms with E-state index in [1.165, 1.54) is 0 Å². The molecular formula is C14H22ClN3O3. The quantitative estimate of drug-likeness (QED) is 0.723. The highest BCUT2D eigenvalue weighted by Gasteiger charge is 2.37. The molecule has 7 heteroatoms. The minimum absolute atomic E-state index is 0.0498. The Balaban J connectivity index is 1.55. The van der Waals surface area contributed by atoms with E-state index < -0.39 is 0 Å². The predicted molar refractivity (Wildman–Crippen MR) is 78.3 cm³/mol. The van der Waals surface area contributed by atoms with E-state index in [9.17, 15) is 9.59 Å². The Labute approximate surface area is 129 Å². The number of rotatable bonds is 1. The second-order valence-electron chi connectivity index (χ2n) is 6.13. The van der Waals surface area contributed by atoms with Crippen molar-refractivity contribution in [2.45, 2.75) is 31.4 Å². The first kappa shape index (κ1) is 14.9. The normalized spacial score (nSPS) is 30.8. The van der Waals surface area contributed by atoms with Crippen molar-refractivity contribution in [2.24, 2.45) is 5.92 Å². The van der Waals surface area contributed by atoms with E-state index in [2.05, 4.69) is 5.32 Å². The van der Waals surface area contributed by atoms with Crippen LogP contribution in [-0.2, 0) is 9.53 Å². The van der Waals surface area contributed by atoms with Crippen molar-refractivity contribution in [1.82, 2.24) is 15.1 Å². The molecular weight excluding hydrogens is 294 g/mol. The van der Waals surface area contributed by atoms with Gasteiger partial charge in [-0.1, -0.05) is 0 Å². The molecule has 21 heavy (non-hydrogen) atoms. The van der Waals surface area contributed by atoms with Crippen LogP contribution in [0.4, 0.5) is 4.79 Å². The number of ether oxygens (including phenoxy) is 1. The van der Waals surface area contributed by atoms with Crippen LogP contribution < -0.4 is 5.32 Å². The lowest BCUT2D eigenvalue weighted by Crippen LogP contribution is -2.62. The summed E-state index contributed by atoms with van der Waals surface area (Å²) in [6, 6.07) is 0.0191. The number of morpholine rings is 1. The third-order valence-electron chi connectivity index (χ3n) is 4.70. The highest BCUT2D eigenvalue weighted by Crippen LogP contribution is 2.22. The van der Waals surface area contributed by atoms with Crippen molar-refractivity contribution in [1.29, 1.82) is 0 Å². The van der Waals surface area contributed by atoms with Gasteiger partial charge >= 0.3 is 6.03 Å². The standard InChI is InChI=1S/C14H22ClN3O3/c15-7-10-1-4-17(5-2-10)14(20)18-6-3-12-11(8-18)16-13(19)9-21-12/h10-12H,1-9H2,(H,16,19)/t11-,12+/m1/s1. The lowest BCUT2D eigenvalue weighted by molar-refractivity contribution is -0.139. The van der Waals surface area contributed by atoms with Crippen molar-refractivity contribution in [3.05, 3.63) is 0 Å². The predicted octanol–water partition coefficient (Wildman–Crippen LogP) is 0.647. The monoisotopic (exact) mass is 315 g/mol. The number of halogens is 1. The number of hydrogen-bond acceptors (Lipinski definition) is 3. The van der Waals surface area contributed by atoms with Gasteiger partial charge in [-0.25, -0.2) is 4.79 Å². The largest absolute Gasteiger partial charge is 0.366 e. The molecule has 0 unspecified atom stereocenters. The summed E-state index contributed by atoms with van der Waals surface area (Å²) in [5, 5.41) is 2.93. The Bertz CT molecular complexity index is 412. The van der Waals surface area contributed by atoms with Crippen molar-refractivity contribution in [3.63, 3.8) is 0 Å². The molecule has 0 aliphatic carbocycles. The molecule has 3 fully saturated rings. The van der Waals surface area contributed by atoms with E-state index in [4.69, 9.17) is 16.3 Å². The van der Waals surface area contributed by atoms with Crippen LogP contribution in [0.5, 0.6) is 0 Å². The molecule has 6 nitrogen and oxygen atoms in total. The molecule has 3 rings (SSSR count). The van der Waals surface area contributed by atoms with E-state index >= 15 is 0 Å². The van der Waals surface area contributed by atoms with Crippen LogP contribution in [0.3, 0.4) is 0 Å². The van der Waals surface area contributed by atoms with Crippen LogP contribution in [0, 0.1) is 5.92 Å². The molecule has 1 N–H and O–H groups in total. The van der Waals surface area contributed by atoms with Crippen LogP contribution in [0.2, 0.25) is 0 Å². The van der Waals surface area contributed by atoms with Crippen LogP contribution >= 0.6 is 11.6 Å². The number of carbonyl (C=O) groups excluding carboxylic acids is 2. The average molecular weight is 316 g/mol. The summed E-state index contributed by atoms with van der Waals surface area (Å²) in [4.78, 5) is 27.7. The van der Waals surface area contributed by atoms with Gasteiger partial charge in [0.25, 0.3) is 0 Å². The van der Waals surface area contributed by atoms with Crippen LogP contribution in [0.25, 0.3) is 0 Å². The average Bonchev–Trinajstić information content (AvgIpc) is 2.53. The van der Waals surface area contributed by atoms with Gasteiger partial charge in [-0.3, -0.25) is 4.79 Å². The summed E-state index contributed by atoms with van der Waals surface area (Å²) in [7, 11) is 0. The van der Waals surface area contributed by atoms with Gasteiger partial charge in [0, 0.05) is 32.1 Å². The first-order chi connectivity index (χ1) is 10.2. The fourth-order valence-corrected chi connectivity index (χ4v) is 3.66. The Morgan fingerprint density at radius 1 is 1.24 bits per heavy atom. The number of hydrogen-bond donors (Lipinski definition) is 1. The van der Waals surface area contributed by atoms with Crippen molar-refractivity contribution in [3.8, 4) is 0 Å². The summed E-state index contributed by atoms with van der Waals surface area (Å²) in [5.74, 6) is 1.12. The molecule has 2 atom stereocenters. The van der Waals surface area contributed by atoms with Gasteiger partial charge in [-0.2, -0.15) is 0 Å². The number of alkyl halides is 1. The second-order valence-corrected chi connectivity index (χ2v) is 6.43. The van der Waals surface area contributed by atoms with Gasteiger partial charge in [0.15, 0.2) is 0 Å². The first-order valence-corrected chi connectivity index (χ1v) is 8.21. The first-order valence-electron chi connectivity index (χ1n) is 7.68. The van der Waals surface area contributed by atoms with E-state index in [-0.39, 0.29) is 30.7 Å². The van der Waals surface area contributed by atoms with Crippen molar-refractivity contribution in [2.75, 3.05) is 38.7 Å². The zero-order chi connectivity index (χ0) is 14.8. The van der Waals surface area contributed by atoms with E-state index in [1.54, 1.807) is 0 Å². The number of likely N-dealkylation sites (tertiary alicyclic amines) is 2. The van der Waals surface area contributed by atoms with Crippen LogP contribution in [0.1, 0.15) is 19.3 Å². The number of nitrogens with zero attached hydrogens (tertiary/aromatic N) is 2. The lowest BCUT2D eigenvalue weighted by atomic mass is 9.98. The second kappa shape index (κ2) is 6.40. The molecule has 0 aromatic heterocycles. The number of nitrogens with one attached hydrogen (secondary N) is 1. The third-order valence-corrected chi connectivity index (χ3v) is 5.13. The maximum absolute atomic E-state index is 12.6. The van der Waals surface area contributed by atoms with Gasteiger partial charge in [0.2, 0.25) is 5.91 Å². The van der Waals surface area contributed by atoms with Gasteiger partial charge in [-0.05, 0) is 25.2 Å². The highest BCUT2D eigenvalue weighted by atomic mass is 35.5. The molecule has 3 aliphatic rings. The molecule has 0 saturated carbocycles. The zero-order valence-electron chi connectivity index (χ0n) is 12.1. The molecule has 0 bridgehead atoms. The fourth-order valence-electron chi connectivity index (χ4n) is 3.35. The SMILES string of the molecule is O=C1CO[C@H]2CCN(C(=O)N3CCC(CCl)CC3)C[C@H]2N1. The Morgan fingerprint density at radius 2 is 1.95 bits per heavy atom. The summed E-state index contributed by atoms with van der Waals surface area (Å²) in [6.45, 7) is 2.95. The molecule has 0 spiro atoms. The van der Waals surface area contributed by atoms with E-state index in [1.807, 2.05) is 9.80 Å². The number of amides is 3. The van der Waals surface area contributed by atoms with Gasteiger partial charge in [-0.15, -0.1) is 11.6 Å². The van der Waals surface area contributed by atoms with Crippen LogP contribution in [0.15, 0.2) is 0 Å². The van der Waals surface area contributed by atoms with Crippen molar-refractivity contribution < 1.29 is 14.3 Å². The summed E-state index contributed by atoms with van der Waals surface area (Å²) >= 11 is 5.88. The van der Waals surface area contributed by atoms with E-state index in [0.717, 1.165) is 32.4 Å². The van der Waals surface area contributed by atoms with Crippen molar-refractivity contribution >= 4 is 23.5 Å². The molecule has 3 saturated heterocycles. The Morgan fingerprint density at radius 3 is 2.67 bits per heavy atom. The third kappa shape index (κ3) is 3.26. The number of piperidine rings is 2. The van der Waals surface area contributed by atoms with Crippen LogP contribution in [-0.4, -0.2) is 72.5 Å². The molecule has 0 aromatic carbocycles. The smallest absolute Gasteiger partial charge is 0.320 e. The minimum atomic E-state index is -0.0894. The fraction of sp³-hybridized carbons (Fsp3) is 0.857. The number of urea groups is 1. The molecule has 3 heterocycles. The Kier molecular flexibility index (Phi) is 4.54. The highest BCUT2D eigenvalue weighted by molar-refractivity contribution is 6.18. The molecule has 118 valence electrons. The Hall–Kier alpha value is -1.01. The molecule has 0 aromatic rings. The molecule has 3 aliphatic heterocycles. The molecule has 3 amide bonds. The summed E-state index contributed by atoms with van der Waals surface area (Å²) in [5.41, 5.74) is 0. The zero-order valence-corrected chi connectivity index (χ0v) is 12.8. The maximum Gasteiger partial charge on any atom is 0.320 e. The molecule has 0 radical (unpaired) electrons. The summed E-state index contributed by atoms with van der Waals surface area (Å²) < 4.78 is 5.52.